The Morgan fingerprint density at radius 2 is 1.77 bits per heavy atom. The maximum Gasteiger partial charge on any atom is 0.253 e. The van der Waals surface area contributed by atoms with Crippen molar-refractivity contribution in [2.45, 2.75) is 18.8 Å². The van der Waals surface area contributed by atoms with E-state index in [9.17, 15) is 4.79 Å². The van der Waals surface area contributed by atoms with Crippen LogP contribution in [0.5, 0.6) is 5.88 Å². The molecular formula is C24H25N5O2. The van der Waals surface area contributed by atoms with E-state index in [4.69, 9.17) is 15.9 Å². The fraction of sp³-hybridized carbons (Fsp3) is 0.250. The van der Waals surface area contributed by atoms with E-state index in [0.29, 0.717) is 30.5 Å². The molecule has 0 unspecified atom stereocenters. The van der Waals surface area contributed by atoms with Crippen molar-refractivity contribution in [3.63, 3.8) is 0 Å². The molecule has 7 heteroatoms. The first-order valence-electron chi connectivity index (χ1n) is 10.3. The molecule has 31 heavy (non-hydrogen) atoms. The smallest absolute Gasteiger partial charge is 0.253 e. The molecule has 0 saturated carbocycles. The van der Waals surface area contributed by atoms with E-state index in [2.05, 4.69) is 16.3 Å². The van der Waals surface area contributed by atoms with Gasteiger partial charge in [0.25, 0.3) is 5.91 Å². The molecule has 1 aromatic heterocycles. The molecule has 2 heterocycles. The molecule has 1 aliphatic rings. The third-order valence-electron chi connectivity index (χ3n) is 5.73. The van der Waals surface area contributed by atoms with E-state index in [1.165, 1.54) is 5.56 Å². The normalized spacial score (nSPS) is 14.3. The monoisotopic (exact) mass is 415 g/mol. The summed E-state index contributed by atoms with van der Waals surface area (Å²) in [6, 6.07) is 18.9. The topological polar surface area (TPSA) is 105 Å². The van der Waals surface area contributed by atoms with Crippen LogP contribution in [0.3, 0.4) is 0 Å². The number of aromatic nitrogens is 2. The first-order valence-corrected chi connectivity index (χ1v) is 10.3. The van der Waals surface area contributed by atoms with Crippen molar-refractivity contribution in [2.75, 3.05) is 20.2 Å². The second kappa shape index (κ2) is 8.95. The maximum atomic E-state index is 13.0. The van der Waals surface area contributed by atoms with Crippen LogP contribution >= 0.6 is 0 Å². The van der Waals surface area contributed by atoms with E-state index in [1.54, 1.807) is 13.2 Å². The summed E-state index contributed by atoms with van der Waals surface area (Å²) < 4.78 is 5.04. The summed E-state index contributed by atoms with van der Waals surface area (Å²) in [5.41, 5.74) is 9.85. The van der Waals surface area contributed by atoms with Crippen molar-refractivity contribution in [3.8, 4) is 17.1 Å². The molecule has 7 nitrogen and oxygen atoms in total. The summed E-state index contributed by atoms with van der Waals surface area (Å²) in [7, 11) is 1.55. The van der Waals surface area contributed by atoms with Crippen LogP contribution < -0.4 is 10.5 Å². The zero-order chi connectivity index (χ0) is 21.8. The van der Waals surface area contributed by atoms with E-state index >= 15 is 0 Å². The lowest BCUT2D eigenvalue weighted by molar-refractivity contribution is 0.0713. The van der Waals surface area contributed by atoms with Gasteiger partial charge in [0.2, 0.25) is 5.88 Å². The Morgan fingerprint density at radius 1 is 1.03 bits per heavy atom. The number of methoxy groups -OCH3 is 1. The van der Waals surface area contributed by atoms with Crippen LogP contribution in [0.25, 0.3) is 11.3 Å². The Kier molecular flexibility index (Phi) is 5.93. The van der Waals surface area contributed by atoms with Crippen LogP contribution in [0.15, 0.2) is 60.7 Å². The minimum atomic E-state index is 0.0447. The molecule has 0 spiro atoms. The van der Waals surface area contributed by atoms with Crippen LogP contribution in [0.2, 0.25) is 0 Å². The van der Waals surface area contributed by atoms with Gasteiger partial charge in [-0.1, -0.05) is 30.3 Å². The lowest BCUT2D eigenvalue weighted by atomic mass is 9.88. The maximum absolute atomic E-state index is 13.0. The predicted molar refractivity (Wildman–Crippen MR) is 119 cm³/mol. The van der Waals surface area contributed by atoms with Crippen molar-refractivity contribution >= 4 is 11.7 Å². The number of nitrogens with one attached hydrogen (secondary N) is 1. The summed E-state index contributed by atoms with van der Waals surface area (Å²) in [6.07, 6.45) is 1.79. The SMILES string of the molecule is COc1ccc(-c2ccc(C(=O)N3CCC(c4cccc(C(=N)N)c4)CC3)cc2)nn1. The molecule has 0 radical (unpaired) electrons. The minimum Gasteiger partial charge on any atom is -0.480 e. The Morgan fingerprint density at radius 3 is 2.39 bits per heavy atom. The summed E-state index contributed by atoms with van der Waals surface area (Å²) in [5.74, 6) is 0.966. The molecule has 1 fully saturated rings. The van der Waals surface area contributed by atoms with E-state index in [1.807, 2.05) is 53.4 Å². The van der Waals surface area contributed by atoms with E-state index < -0.39 is 0 Å². The highest BCUT2D eigenvalue weighted by Gasteiger charge is 2.25. The van der Waals surface area contributed by atoms with Crippen LogP contribution in [0.1, 0.15) is 40.2 Å². The van der Waals surface area contributed by atoms with Crippen LogP contribution in [0, 0.1) is 5.41 Å². The number of nitrogen functional groups attached to an aromatic ring is 1. The number of amidine groups is 1. The highest BCUT2D eigenvalue weighted by Crippen LogP contribution is 2.29. The number of rotatable bonds is 5. The second-order valence-corrected chi connectivity index (χ2v) is 7.64. The number of benzene rings is 2. The summed E-state index contributed by atoms with van der Waals surface area (Å²) in [4.78, 5) is 14.9. The average molecular weight is 415 g/mol. The summed E-state index contributed by atoms with van der Waals surface area (Å²) in [6.45, 7) is 1.42. The van der Waals surface area contributed by atoms with Gasteiger partial charge in [-0.05, 0) is 48.6 Å². The third kappa shape index (κ3) is 4.55. The fourth-order valence-corrected chi connectivity index (χ4v) is 3.93. The highest BCUT2D eigenvalue weighted by atomic mass is 16.5. The van der Waals surface area contributed by atoms with Crippen molar-refractivity contribution in [1.82, 2.24) is 15.1 Å². The number of nitrogens with two attached hydrogens (primary N) is 1. The van der Waals surface area contributed by atoms with Gasteiger partial charge in [-0.25, -0.2) is 0 Å². The van der Waals surface area contributed by atoms with Crippen molar-refractivity contribution in [1.29, 1.82) is 5.41 Å². The molecule has 1 aliphatic heterocycles. The largest absolute Gasteiger partial charge is 0.480 e. The number of nitrogens with zero attached hydrogens (tertiary/aromatic N) is 3. The van der Waals surface area contributed by atoms with Gasteiger partial charge in [0.05, 0.1) is 12.8 Å². The number of piperidine rings is 1. The summed E-state index contributed by atoms with van der Waals surface area (Å²) in [5, 5.41) is 15.8. The van der Waals surface area contributed by atoms with E-state index in [-0.39, 0.29) is 11.7 Å². The van der Waals surface area contributed by atoms with Crippen molar-refractivity contribution in [2.24, 2.45) is 5.73 Å². The third-order valence-corrected chi connectivity index (χ3v) is 5.73. The molecule has 1 saturated heterocycles. The molecule has 0 bridgehead atoms. The quantitative estimate of drug-likeness (QED) is 0.490. The average Bonchev–Trinajstić information content (AvgIpc) is 2.84. The van der Waals surface area contributed by atoms with Crippen LogP contribution in [0.4, 0.5) is 0 Å². The fourth-order valence-electron chi connectivity index (χ4n) is 3.93. The highest BCUT2D eigenvalue weighted by molar-refractivity contribution is 5.95. The lowest BCUT2D eigenvalue weighted by Crippen LogP contribution is -2.37. The lowest BCUT2D eigenvalue weighted by Gasteiger charge is -2.32. The number of hydrogen-bond acceptors (Lipinski definition) is 5. The van der Waals surface area contributed by atoms with Gasteiger partial charge in [-0.3, -0.25) is 10.2 Å². The second-order valence-electron chi connectivity index (χ2n) is 7.64. The minimum absolute atomic E-state index is 0.0447. The molecule has 0 aliphatic carbocycles. The molecule has 3 N–H and O–H groups in total. The predicted octanol–water partition coefficient (Wildman–Crippen LogP) is 3.46. The molecule has 3 aromatic rings. The zero-order valence-electron chi connectivity index (χ0n) is 17.4. The summed E-state index contributed by atoms with van der Waals surface area (Å²) >= 11 is 0. The van der Waals surface area contributed by atoms with Crippen LogP contribution in [-0.2, 0) is 0 Å². The number of ether oxygens (including phenoxy) is 1. The first kappa shape index (κ1) is 20.5. The molecule has 158 valence electrons. The molecule has 0 atom stereocenters. The number of carbonyl (C=O) groups excluding carboxylic acids is 1. The Balaban J connectivity index is 1.39. The molecule has 1 amide bonds. The Bertz CT molecular complexity index is 1070. The number of hydrogen-bond donors (Lipinski definition) is 2. The van der Waals surface area contributed by atoms with Gasteiger partial charge in [0.15, 0.2) is 0 Å². The van der Waals surface area contributed by atoms with Gasteiger partial charge in [-0.15, -0.1) is 10.2 Å². The number of carbonyl (C=O) groups is 1. The zero-order valence-corrected chi connectivity index (χ0v) is 17.4. The number of likely N-dealkylation sites (tertiary alicyclic amines) is 1. The van der Waals surface area contributed by atoms with Crippen molar-refractivity contribution < 1.29 is 9.53 Å². The van der Waals surface area contributed by atoms with Gasteiger partial charge in [0.1, 0.15) is 5.84 Å². The van der Waals surface area contributed by atoms with Gasteiger partial charge >= 0.3 is 0 Å². The Hall–Kier alpha value is -3.74. The standard InChI is InChI=1S/C24H25N5O2/c1-31-22-10-9-21(27-28-22)17-5-7-18(8-6-17)24(30)29-13-11-16(12-14-29)19-3-2-4-20(15-19)23(25)26/h2-10,15-16H,11-14H2,1H3,(H3,25,26). The molecular weight excluding hydrogens is 390 g/mol. The van der Waals surface area contributed by atoms with E-state index in [0.717, 1.165) is 29.7 Å². The number of amides is 1. The van der Waals surface area contributed by atoms with Gasteiger partial charge in [0, 0.05) is 35.8 Å². The molecule has 2 aromatic carbocycles. The molecule has 4 rings (SSSR count). The first-order chi connectivity index (χ1) is 15.0. The van der Waals surface area contributed by atoms with Gasteiger partial charge in [-0.2, -0.15) is 0 Å². The van der Waals surface area contributed by atoms with Crippen LogP contribution in [-0.4, -0.2) is 47.0 Å². The Labute approximate surface area is 181 Å². The van der Waals surface area contributed by atoms with Gasteiger partial charge < -0.3 is 15.4 Å². The van der Waals surface area contributed by atoms with Crippen molar-refractivity contribution in [3.05, 3.63) is 77.4 Å².